The maximum atomic E-state index is 14.1. The molecule has 260 valence electrons. The molecule has 0 aromatic carbocycles. The highest BCUT2D eigenvalue weighted by molar-refractivity contribution is 6.00. The van der Waals surface area contributed by atoms with Crippen molar-refractivity contribution in [3.8, 4) is 0 Å². The van der Waals surface area contributed by atoms with Gasteiger partial charge in [0.15, 0.2) is 5.78 Å². The van der Waals surface area contributed by atoms with E-state index in [1.54, 1.807) is 6.92 Å². The van der Waals surface area contributed by atoms with Crippen molar-refractivity contribution in [1.82, 2.24) is 5.32 Å². The number of nitrogens with one attached hydrogen (secondary N) is 1. The van der Waals surface area contributed by atoms with Crippen molar-refractivity contribution in [3.05, 3.63) is 11.1 Å². The van der Waals surface area contributed by atoms with Crippen molar-refractivity contribution >= 4 is 5.78 Å². The van der Waals surface area contributed by atoms with Gasteiger partial charge in [-0.25, -0.2) is 0 Å². The maximum Gasteiger partial charge on any atom is 0.162 e. The van der Waals surface area contributed by atoms with Gasteiger partial charge in [-0.15, -0.1) is 0 Å². The summed E-state index contributed by atoms with van der Waals surface area (Å²) in [5.74, 6) is 0.119. The van der Waals surface area contributed by atoms with E-state index >= 15 is 0 Å². The molecule has 0 radical (unpaired) electrons. The van der Waals surface area contributed by atoms with Gasteiger partial charge in [-0.2, -0.15) is 0 Å². The smallest absolute Gasteiger partial charge is 0.162 e. The second-order valence-corrected chi connectivity index (χ2v) is 18.1. The lowest BCUT2D eigenvalue weighted by molar-refractivity contribution is -0.164. The lowest BCUT2D eigenvalue weighted by Gasteiger charge is -2.63. The predicted molar refractivity (Wildman–Crippen MR) is 173 cm³/mol. The normalized spacial score (nSPS) is 50.6. The zero-order valence-corrected chi connectivity index (χ0v) is 28.7. The molecule has 2 aliphatic heterocycles. The molecule has 7 aliphatic rings. The van der Waals surface area contributed by atoms with Gasteiger partial charge in [0.1, 0.15) is 12.2 Å². The first-order valence-electron chi connectivity index (χ1n) is 18.3. The first-order valence-corrected chi connectivity index (χ1v) is 18.3. The lowest BCUT2D eigenvalue weighted by Crippen LogP contribution is -2.64. The molecule has 0 aromatic rings. The molecule has 9 heteroatoms. The lowest BCUT2D eigenvalue weighted by atomic mass is 9.42. The third-order valence-electron chi connectivity index (χ3n) is 15.8. The second-order valence-electron chi connectivity index (χ2n) is 18.1. The number of carbonyl (C=O) groups excluding carboxylic acids is 1. The Hall–Kier alpha value is -0.910. The van der Waals surface area contributed by atoms with Gasteiger partial charge in [0.2, 0.25) is 0 Å². The number of epoxide rings is 1. The van der Waals surface area contributed by atoms with Crippen LogP contribution in [0.3, 0.4) is 0 Å². The number of aliphatic hydroxyl groups is 5. The van der Waals surface area contributed by atoms with E-state index in [0.29, 0.717) is 44.4 Å². The van der Waals surface area contributed by atoms with Gasteiger partial charge in [0.05, 0.1) is 35.7 Å². The minimum Gasteiger partial charge on any atom is -0.396 e. The number of carbonyl (C=O) groups is 1. The van der Waals surface area contributed by atoms with Crippen LogP contribution in [0.1, 0.15) is 112 Å². The molecule has 15 atom stereocenters. The molecule has 8 N–H and O–H groups in total. The number of fused-ring (bicyclic) bond motifs is 2. The number of aliphatic hydroxyl groups excluding tert-OH is 2. The summed E-state index contributed by atoms with van der Waals surface area (Å²) in [6, 6.07) is 0. The SMILES string of the molecule is C[C@](O)([C@@H]1O[C@@H]1[C@](C)(O)[C@](C)(CO)CCC1CCNC(N)C1)[C@H]1C[C@H]2CCC3=C4[C@H](CC[C@]1(C)[C@]42O)[C@@]1(C)CC[C@H](O)C[C@H]1C3=O. The summed E-state index contributed by atoms with van der Waals surface area (Å²) in [5, 5.41) is 62.1. The van der Waals surface area contributed by atoms with Crippen molar-refractivity contribution in [3.63, 3.8) is 0 Å². The average molecular weight is 645 g/mol. The second kappa shape index (κ2) is 10.8. The van der Waals surface area contributed by atoms with Crippen LogP contribution < -0.4 is 11.1 Å². The van der Waals surface area contributed by atoms with E-state index in [2.05, 4.69) is 19.2 Å². The van der Waals surface area contributed by atoms with Crippen molar-refractivity contribution in [2.75, 3.05) is 13.2 Å². The average Bonchev–Trinajstić information content (AvgIpc) is 3.79. The maximum absolute atomic E-state index is 14.1. The van der Waals surface area contributed by atoms with Crippen LogP contribution in [0, 0.1) is 45.8 Å². The highest BCUT2D eigenvalue weighted by Crippen LogP contribution is 2.73. The molecular formula is C37H60N2O7. The van der Waals surface area contributed by atoms with Crippen molar-refractivity contribution in [1.29, 1.82) is 0 Å². The highest BCUT2D eigenvalue weighted by Gasteiger charge is 2.76. The number of nitrogens with two attached hydrogens (primary N) is 1. The van der Waals surface area contributed by atoms with Crippen LogP contribution in [0.4, 0.5) is 0 Å². The number of hydrogen-bond acceptors (Lipinski definition) is 9. The summed E-state index contributed by atoms with van der Waals surface area (Å²) in [6.45, 7) is 10.5. The fourth-order valence-corrected chi connectivity index (χ4v) is 12.4. The monoisotopic (exact) mass is 644 g/mol. The number of piperidine rings is 1. The predicted octanol–water partition coefficient (Wildman–Crippen LogP) is 2.94. The molecule has 0 spiro atoms. The number of rotatable bonds is 8. The zero-order chi connectivity index (χ0) is 33.2. The molecule has 46 heavy (non-hydrogen) atoms. The summed E-state index contributed by atoms with van der Waals surface area (Å²) >= 11 is 0. The Morgan fingerprint density at radius 2 is 1.74 bits per heavy atom. The van der Waals surface area contributed by atoms with E-state index in [1.165, 1.54) is 0 Å². The van der Waals surface area contributed by atoms with Crippen molar-refractivity contribution in [2.45, 2.75) is 153 Å². The quantitative estimate of drug-likeness (QED) is 0.197. The Morgan fingerprint density at radius 1 is 1.00 bits per heavy atom. The molecule has 9 nitrogen and oxygen atoms in total. The Kier molecular flexibility index (Phi) is 7.88. The first kappa shape index (κ1) is 33.6. The van der Waals surface area contributed by atoms with E-state index < -0.39 is 45.9 Å². The fourth-order valence-electron chi connectivity index (χ4n) is 12.4. The third kappa shape index (κ3) is 4.44. The number of ketones is 1. The van der Waals surface area contributed by atoms with Crippen molar-refractivity contribution < 1.29 is 35.1 Å². The topological polar surface area (TPSA) is 169 Å². The molecule has 7 rings (SSSR count). The molecule has 5 aliphatic carbocycles. The summed E-state index contributed by atoms with van der Waals surface area (Å²) in [7, 11) is 0. The van der Waals surface area contributed by atoms with Crippen LogP contribution in [0.15, 0.2) is 11.1 Å². The zero-order valence-electron chi connectivity index (χ0n) is 28.7. The van der Waals surface area contributed by atoms with E-state index in [4.69, 9.17) is 10.5 Å². The van der Waals surface area contributed by atoms with Crippen LogP contribution in [0.5, 0.6) is 0 Å². The number of allylic oxidation sites excluding steroid dienone is 1. The van der Waals surface area contributed by atoms with Crippen LogP contribution in [0.2, 0.25) is 0 Å². The Morgan fingerprint density at radius 3 is 2.43 bits per heavy atom. The Bertz CT molecular complexity index is 1280. The molecule has 3 saturated carbocycles. The standard InChI is InChI=1S/C37H60N2O7/c1-32(19-40,12-8-20-11-15-39-27(38)16-20)36(5,44)31-30(46-31)35(4,43)26-17-21-6-7-23-28-24(10-14-34(26,3)37(21,28)45)33(2)13-9-22(41)18-25(33)29(23)42/h20-22,24-27,30-31,39-41,43-45H,6-19,38H2,1-5H3/t20?,21-,22+,24+,25+,26+,27?,30-,31+,32+,33-,34+,35-,36+,37-/m1/s1. The van der Waals surface area contributed by atoms with Gasteiger partial charge in [-0.3, -0.25) is 4.79 Å². The number of Topliss-reactive ketones (excluding diaryl/α,β-unsaturated/α-hetero) is 1. The number of hydrogen-bond donors (Lipinski definition) is 7. The minimum absolute atomic E-state index is 0.0225. The molecule has 2 heterocycles. The first-order chi connectivity index (χ1) is 21.5. The third-order valence-corrected chi connectivity index (χ3v) is 15.8. The summed E-state index contributed by atoms with van der Waals surface area (Å²) in [6.07, 6.45) is 7.18. The molecule has 0 amide bonds. The highest BCUT2D eigenvalue weighted by atomic mass is 16.6. The fraction of sp³-hybridized carbons (Fsp3) is 0.919. The summed E-state index contributed by atoms with van der Waals surface area (Å²) in [4.78, 5) is 14.1. The van der Waals surface area contributed by atoms with Gasteiger partial charge < -0.3 is 41.3 Å². The molecule has 5 fully saturated rings. The molecule has 2 saturated heterocycles. The number of ether oxygens (including phenoxy) is 1. The van der Waals surface area contributed by atoms with Gasteiger partial charge >= 0.3 is 0 Å². The molecule has 0 aromatic heterocycles. The van der Waals surface area contributed by atoms with Gasteiger partial charge in [0, 0.05) is 16.7 Å². The van der Waals surface area contributed by atoms with E-state index in [-0.39, 0.29) is 47.6 Å². The Balaban J connectivity index is 1.15. The van der Waals surface area contributed by atoms with Gasteiger partial charge in [-0.05, 0) is 138 Å². The Labute approximate surface area is 274 Å². The largest absolute Gasteiger partial charge is 0.396 e. The van der Waals surface area contributed by atoms with Gasteiger partial charge in [-0.1, -0.05) is 20.8 Å². The van der Waals surface area contributed by atoms with Crippen LogP contribution >= 0.6 is 0 Å². The van der Waals surface area contributed by atoms with E-state index in [1.807, 2.05) is 13.8 Å². The van der Waals surface area contributed by atoms with Gasteiger partial charge in [0.25, 0.3) is 0 Å². The summed E-state index contributed by atoms with van der Waals surface area (Å²) < 4.78 is 6.26. The van der Waals surface area contributed by atoms with Crippen LogP contribution in [0.25, 0.3) is 0 Å². The molecular weight excluding hydrogens is 584 g/mol. The minimum atomic E-state index is -1.38. The van der Waals surface area contributed by atoms with Crippen molar-refractivity contribution in [2.24, 2.45) is 51.6 Å². The molecule has 0 bridgehead atoms. The van der Waals surface area contributed by atoms with Crippen LogP contribution in [-0.2, 0) is 9.53 Å². The van der Waals surface area contributed by atoms with Crippen LogP contribution in [-0.4, -0.2) is 85.7 Å². The van der Waals surface area contributed by atoms with E-state index in [9.17, 15) is 30.3 Å². The summed E-state index contributed by atoms with van der Waals surface area (Å²) in [5.41, 5.74) is 2.25. The molecule has 2 unspecified atom stereocenters. The van der Waals surface area contributed by atoms with E-state index in [0.717, 1.165) is 56.2 Å².